The van der Waals surface area contributed by atoms with Gasteiger partial charge >= 0.3 is 47.8 Å². The molecule has 0 unspecified atom stereocenters. The first-order chi connectivity index (χ1) is 42.3. The molecule has 17 heteroatoms. The summed E-state index contributed by atoms with van der Waals surface area (Å²) in [6.45, 7) is 10.2. The highest BCUT2D eigenvalue weighted by Gasteiger charge is 2.22. The number of hydrogen-bond donors (Lipinski definition) is 0. The number of rotatable bonds is 52. The van der Waals surface area contributed by atoms with E-state index in [2.05, 4.69) is 25.6 Å². The van der Waals surface area contributed by atoms with Gasteiger partial charge in [-0.1, -0.05) is 51.3 Å². The molecule has 0 aromatic heterocycles. The van der Waals surface area contributed by atoms with Gasteiger partial charge in [0.1, 0.15) is 11.5 Å². The zero-order valence-electron chi connectivity index (χ0n) is 53.0. The van der Waals surface area contributed by atoms with E-state index in [9.17, 15) is 38.4 Å². The van der Waals surface area contributed by atoms with E-state index in [-0.39, 0.29) is 35.8 Å². The minimum absolute atomic E-state index is 0.216. The third kappa shape index (κ3) is 40.0. The summed E-state index contributed by atoms with van der Waals surface area (Å²) in [5.41, 5.74) is 2.17. The van der Waals surface area contributed by atoms with Crippen LogP contribution in [0.4, 0.5) is 0 Å². The van der Waals surface area contributed by atoms with Crippen molar-refractivity contribution >= 4 is 47.8 Å². The zero-order valence-corrected chi connectivity index (χ0v) is 53.0. The molecule has 0 amide bonds. The van der Waals surface area contributed by atoms with Crippen LogP contribution >= 0.6 is 0 Å². The molecule has 0 bridgehead atoms. The fourth-order valence-corrected chi connectivity index (χ4v) is 10.0. The van der Waals surface area contributed by atoms with Gasteiger partial charge in [-0.2, -0.15) is 0 Å². The summed E-state index contributed by atoms with van der Waals surface area (Å²) in [5.74, 6) is 0.386. The van der Waals surface area contributed by atoms with Crippen LogP contribution in [0.25, 0.3) is 0 Å². The summed E-state index contributed by atoms with van der Waals surface area (Å²) < 4.78 is 48.4. The quantitative estimate of drug-likeness (QED) is 0.0198. The molecule has 17 nitrogen and oxygen atoms in total. The number of carbonyl (C=O) groups is 8. The Kier molecular flexibility index (Phi) is 42.8. The van der Waals surface area contributed by atoms with Gasteiger partial charge < -0.3 is 42.6 Å². The number of ether oxygens (including phenoxy) is 9. The molecular formula is C70H106O17. The topological polar surface area (TPSA) is 220 Å². The van der Waals surface area contributed by atoms with Crippen molar-refractivity contribution in [2.24, 2.45) is 5.92 Å². The predicted molar refractivity (Wildman–Crippen MR) is 333 cm³/mol. The van der Waals surface area contributed by atoms with Gasteiger partial charge in [0, 0.05) is 44.1 Å². The van der Waals surface area contributed by atoms with Crippen LogP contribution in [0, 0.1) is 5.92 Å². The third-order valence-corrected chi connectivity index (χ3v) is 15.3. The van der Waals surface area contributed by atoms with E-state index in [0.29, 0.717) is 197 Å². The fourth-order valence-electron chi connectivity index (χ4n) is 10.0. The van der Waals surface area contributed by atoms with Crippen molar-refractivity contribution in [1.29, 1.82) is 0 Å². The first-order valence-electron chi connectivity index (χ1n) is 33.1. The van der Waals surface area contributed by atoms with E-state index in [0.717, 1.165) is 70.1 Å². The van der Waals surface area contributed by atoms with Gasteiger partial charge in [0.2, 0.25) is 0 Å². The molecule has 1 saturated carbocycles. The van der Waals surface area contributed by atoms with E-state index < -0.39 is 11.9 Å². The van der Waals surface area contributed by atoms with Gasteiger partial charge in [0.15, 0.2) is 0 Å². The first kappa shape index (κ1) is 75.0. The van der Waals surface area contributed by atoms with Crippen LogP contribution in [-0.4, -0.2) is 101 Å². The normalized spacial score (nSPS) is 13.6. The van der Waals surface area contributed by atoms with Gasteiger partial charge in [-0.3, -0.25) is 28.8 Å². The second-order valence-corrected chi connectivity index (χ2v) is 23.1. The number of esters is 8. The fraction of sp³-hybridized carbons (Fsp3) is 0.686. The van der Waals surface area contributed by atoms with E-state index in [4.69, 9.17) is 42.6 Å². The molecule has 87 heavy (non-hydrogen) atoms. The van der Waals surface area contributed by atoms with Crippen molar-refractivity contribution < 1.29 is 81.0 Å². The van der Waals surface area contributed by atoms with Crippen LogP contribution in [0.3, 0.4) is 0 Å². The molecule has 0 heterocycles. The van der Waals surface area contributed by atoms with E-state index in [1.165, 1.54) is 56.9 Å². The third-order valence-electron chi connectivity index (χ3n) is 15.3. The second-order valence-electron chi connectivity index (χ2n) is 23.1. The number of benzene rings is 2. The molecule has 0 N–H and O–H groups in total. The van der Waals surface area contributed by atoms with Crippen molar-refractivity contribution in [3.8, 4) is 11.5 Å². The lowest BCUT2D eigenvalue weighted by atomic mass is 9.77. The average molecular weight is 1220 g/mol. The largest absolute Gasteiger partial charge is 0.494 e. The number of unbranched alkanes of at least 4 members (excludes halogenated alkanes) is 17. The summed E-state index contributed by atoms with van der Waals surface area (Å²) in [6.07, 6.45) is 28.1. The van der Waals surface area contributed by atoms with Crippen molar-refractivity contribution in [3.05, 3.63) is 71.8 Å². The maximum Gasteiger partial charge on any atom is 0.343 e. The molecule has 2 aromatic carbocycles. The molecule has 0 aliphatic heterocycles. The van der Waals surface area contributed by atoms with Crippen LogP contribution in [-0.2, 0) is 66.7 Å². The molecule has 1 fully saturated rings. The second kappa shape index (κ2) is 49.7. The van der Waals surface area contributed by atoms with Crippen molar-refractivity contribution in [3.63, 3.8) is 0 Å². The highest BCUT2D eigenvalue weighted by Crippen LogP contribution is 2.38. The lowest BCUT2D eigenvalue weighted by Gasteiger charge is -2.29. The van der Waals surface area contributed by atoms with Gasteiger partial charge in [-0.05, 0) is 228 Å². The Morgan fingerprint density at radius 3 is 1.07 bits per heavy atom. The Hall–Kier alpha value is -6.26. The Labute approximate surface area is 519 Å². The lowest BCUT2D eigenvalue weighted by Crippen LogP contribution is -2.13. The van der Waals surface area contributed by atoms with E-state index in [1.807, 2.05) is 12.1 Å². The molecule has 0 spiro atoms. The summed E-state index contributed by atoms with van der Waals surface area (Å²) in [7, 11) is 0. The van der Waals surface area contributed by atoms with Gasteiger partial charge in [0.25, 0.3) is 0 Å². The summed E-state index contributed by atoms with van der Waals surface area (Å²) in [5, 5.41) is 0. The van der Waals surface area contributed by atoms with Crippen LogP contribution in [0.15, 0.2) is 60.7 Å². The van der Waals surface area contributed by atoms with Crippen LogP contribution < -0.4 is 9.47 Å². The van der Waals surface area contributed by atoms with Crippen LogP contribution in [0.1, 0.15) is 267 Å². The van der Waals surface area contributed by atoms with Gasteiger partial charge in [-0.25, -0.2) is 9.59 Å². The predicted octanol–water partition coefficient (Wildman–Crippen LogP) is 15.4. The summed E-state index contributed by atoms with van der Waals surface area (Å²) in [4.78, 5) is 96.5. The Morgan fingerprint density at radius 1 is 0.379 bits per heavy atom. The average Bonchev–Trinajstić information content (AvgIpc) is 3.67. The highest BCUT2D eigenvalue weighted by atomic mass is 16.6. The Morgan fingerprint density at radius 2 is 0.713 bits per heavy atom. The maximum atomic E-state index is 12.8. The van der Waals surface area contributed by atoms with Crippen LogP contribution in [0.5, 0.6) is 11.5 Å². The smallest absolute Gasteiger partial charge is 0.343 e. The first-order valence-corrected chi connectivity index (χ1v) is 33.1. The molecule has 2 aromatic rings. The number of carbonyl (C=O) groups excluding carboxylic acids is 8. The summed E-state index contributed by atoms with van der Waals surface area (Å²) in [6, 6.07) is 15.1. The monoisotopic (exact) mass is 1220 g/mol. The molecule has 488 valence electrons. The number of hydrogen-bond acceptors (Lipinski definition) is 17. The highest BCUT2D eigenvalue weighted by molar-refractivity contribution is 5.91. The zero-order chi connectivity index (χ0) is 62.8. The Balaban J connectivity index is 0.997. The summed E-state index contributed by atoms with van der Waals surface area (Å²) >= 11 is 0. The van der Waals surface area contributed by atoms with Gasteiger partial charge in [-0.15, -0.1) is 0 Å². The molecule has 0 saturated heterocycles. The SMILES string of the molecule is C=C(C)C(=O)OCCCCCC(=O)OCCCCCC(=O)OCCCCCC(=O)OCCCCCC(=O)OCCCCCC(=O)OCCCCCC(=O)OCCCCCCOc1ccc(C(=O)Oc2ccc(C3CCC(CCCCC)CC3)cc2)cc1. The molecule has 1 aliphatic carbocycles. The van der Waals surface area contributed by atoms with E-state index >= 15 is 0 Å². The van der Waals surface area contributed by atoms with Crippen LogP contribution in [0.2, 0.25) is 0 Å². The van der Waals surface area contributed by atoms with Crippen molar-refractivity contribution in [2.45, 2.75) is 251 Å². The van der Waals surface area contributed by atoms with Gasteiger partial charge in [0.05, 0.1) is 58.4 Å². The maximum absolute atomic E-state index is 12.8. The Bertz CT molecular complexity index is 2230. The molecular weight excluding hydrogens is 1110 g/mol. The molecule has 1 aliphatic rings. The lowest BCUT2D eigenvalue weighted by molar-refractivity contribution is -0.146. The van der Waals surface area contributed by atoms with E-state index in [1.54, 1.807) is 31.2 Å². The minimum Gasteiger partial charge on any atom is -0.494 e. The minimum atomic E-state index is -0.405. The molecule has 3 rings (SSSR count). The standard InChI is InChI=1S/C70H106O17/c1-4-5-14-29-57-36-38-58(39-37-57)59-40-46-62(47-41-59)87-70(78)60-42-44-61(45-43-60)79-48-21-6-7-22-49-80-63(71)30-15-8-23-50-81-64(72)31-16-9-24-51-82-65(73)32-17-10-25-52-83-66(74)33-18-11-26-53-84-67(75)34-19-12-27-54-85-68(76)35-20-13-28-55-86-69(77)56(2)3/h40-47,57-58H,2,4-39,48-55H2,1,3H3. The molecule has 0 radical (unpaired) electrons. The molecule has 0 atom stereocenters. The van der Waals surface area contributed by atoms with Crippen molar-refractivity contribution in [2.75, 3.05) is 52.9 Å². The van der Waals surface area contributed by atoms with Crippen molar-refractivity contribution in [1.82, 2.24) is 0 Å².